The molecule has 84 valence electrons. The van der Waals surface area contributed by atoms with Gasteiger partial charge in [0.1, 0.15) is 5.76 Å². The van der Waals surface area contributed by atoms with Crippen LogP contribution in [0.4, 0.5) is 0 Å². The largest absolute Gasteiger partial charge is 0.448 e. The molecule has 1 atom stereocenters. The number of nitrogens with one attached hydrogen (secondary N) is 1. The normalized spacial score (nSPS) is 12.7. The third-order valence-corrected chi connectivity index (χ3v) is 2.79. The van der Waals surface area contributed by atoms with E-state index in [1.165, 1.54) is 0 Å². The van der Waals surface area contributed by atoms with Gasteiger partial charge in [-0.3, -0.25) is 0 Å². The zero-order valence-electron chi connectivity index (χ0n) is 8.71. The summed E-state index contributed by atoms with van der Waals surface area (Å²) in [6.07, 6.45) is 0. The second-order valence-electron chi connectivity index (χ2n) is 3.42. The second kappa shape index (κ2) is 4.91. The van der Waals surface area contributed by atoms with Crippen molar-refractivity contribution in [2.45, 2.75) is 6.04 Å². The number of halogens is 2. The van der Waals surface area contributed by atoms with Crippen molar-refractivity contribution in [1.82, 2.24) is 5.32 Å². The van der Waals surface area contributed by atoms with Crippen LogP contribution in [-0.4, -0.2) is 7.05 Å². The Labute approximate surface area is 104 Å². The van der Waals surface area contributed by atoms with Crippen LogP contribution in [-0.2, 0) is 0 Å². The predicted octanol–water partition coefficient (Wildman–Crippen LogP) is 3.90. The summed E-state index contributed by atoms with van der Waals surface area (Å²) >= 11 is 11.7. The van der Waals surface area contributed by atoms with Gasteiger partial charge in [-0.25, -0.2) is 0 Å². The SMILES string of the molecule is CNC(c1cccc(Cl)c1)c1ccc(Cl)o1. The molecule has 16 heavy (non-hydrogen) atoms. The van der Waals surface area contributed by atoms with Gasteiger partial charge in [-0.15, -0.1) is 0 Å². The maximum Gasteiger partial charge on any atom is 0.193 e. The molecule has 1 unspecified atom stereocenters. The van der Waals surface area contributed by atoms with Crippen LogP contribution in [0.25, 0.3) is 0 Å². The molecule has 1 N–H and O–H groups in total. The van der Waals surface area contributed by atoms with Crippen molar-refractivity contribution in [2.75, 3.05) is 7.05 Å². The van der Waals surface area contributed by atoms with Crippen LogP contribution in [0, 0.1) is 0 Å². The van der Waals surface area contributed by atoms with Gasteiger partial charge in [-0.2, -0.15) is 0 Å². The van der Waals surface area contributed by atoms with E-state index in [-0.39, 0.29) is 6.04 Å². The maximum absolute atomic E-state index is 5.95. The van der Waals surface area contributed by atoms with E-state index in [1.54, 1.807) is 6.07 Å². The van der Waals surface area contributed by atoms with E-state index in [2.05, 4.69) is 5.32 Å². The Bertz CT molecular complexity index is 481. The molecule has 4 heteroatoms. The van der Waals surface area contributed by atoms with E-state index in [9.17, 15) is 0 Å². The molecule has 2 nitrogen and oxygen atoms in total. The Balaban J connectivity index is 2.36. The minimum absolute atomic E-state index is 0.0359. The van der Waals surface area contributed by atoms with E-state index in [1.807, 2.05) is 37.4 Å². The van der Waals surface area contributed by atoms with Crippen LogP contribution in [0.1, 0.15) is 17.4 Å². The monoisotopic (exact) mass is 255 g/mol. The molecule has 1 aromatic heterocycles. The summed E-state index contributed by atoms with van der Waals surface area (Å²) in [5.41, 5.74) is 1.04. The minimum atomic E-state index is -0.0359. The summed E-state index contributed by atoms with van der Waals surface area (Å²) in [5, 5.41) is 4.25. The average molecular weight is 256 g/mol. The average Bonchev–Trinajstić information content (AvgIpc) is 2.66. The van der Waals surface area contributed by atoms with E-state index in [0.29, 0.717) is 10.2 Å². The summed E-state index contributed by atoms with van der Waals surface area (Å²) in [6, 6.07) is 11.2. The lowest BCUT2D eigenvalue weighted by Gasteiger charge is -2.14. The highest BCUT2D eigenvalue weighted by atomic mass is 35.5. The lowest BCUT2D eigenvalue weighted by molar-refractivity contribution is 0.465. The number of benzene rings is 1. The fraction of sp³-hybridized carbons (Fsp3) is 0.167. The topological polar surface area (TPSA) is 25.2 Å². The van der Waals surface area contributed by atoms with Crippen molar-refractivity contribution in [3.63, 3.8) is 0 Å². The first-order valence-electron chi connectivity index (χ1n) is 4.88. The first-order valence-corrected chi connectivity index (χ1v) is 5.64. The lowest BCUT2D eigenvalue weighted by Crippen LogP contribution is -2.16. The minimum Gasteiger partial charge on any atom is -0.448 e. The summed E-state index contributed by atoms with van der Waals surface area (Å²) in [5.74, 6) is 0.773. The summed E-state index contributed by atoms with van der Waals surface area (Å²) in [6.45, 7) is 0. The molecule has 0 aliphatic carbocycles. The molecule has 0 saturated heterocycles. The fourth-order valence-corrected chi connectivity index (χ4v) is 1.99. The quantitative estimate of drug-likeness (QED) is 0.901. The zero-order valence-corrected chi connectivity index (χ0v) is 10.2. The van der Waals surface area contributed by atoms with Crippen LogP contribution in [0.5, 0.6) is 0 Å². The third-order valence-electron chi connectivity index (χ3n) is 2.35. The molecule has 0 fully saturated rings. The van der Waals surface area contributed by atoms with E-state index in [0.717, 1.165) is 11.3 Å². The number of hydrogen-bond acceptors (Lipinski definition) is 2. The lowest BCUT2D eigenvalue weighted by atomic mass is 10.1. The highest BCUT2D eigenvalue weighted by Gasteiger charge is 2.15. The zero-order chi connectivity index (χ0) is 11.5. The Hall–Kier alpha value is -0.960. The molecule has 0 saturated carbocycles. The number of hydrogen-bond donors (Lipinski definition) is 1. The molecular formula is C12H11Cl2NO. The van der Waals surface area contributed by atoms with E-state index < -0.39 is 0 Å². The van der Waals surface area contributed by atoms with Gasteiger partial charge in [-0.05, 0) is 48.5 Å². The van der Waals surface area contributed by atoms with Gasteiger partial charge in [0, 0.05) is 5.02 Å². The second-order valence-corrected chi connectivity index (χ2v) is 4.23. The molecular weight excluding hydrogens is 245 g/mol. The van der Waals surface area contributed by atoms with Crippen molar-refractivity contribution in [2.24, 2.45) is 0 Å². The Morgan fingerprint density at radius 3 is 2.56 bits per heavy atom. The maximum atomic E-state index is 5.95. The molecule has 0 aliphatic heterocycles. The van der Waals surface area contributed by atoms with Crippen LogP contribution < -0.4 is 5.32 Å². The summed E-state index contributed by atoms with van der Waals surface area (Å²) < 4.78 is 5.39. The van der Waals surface area contributed by atoms with Crippen molar-refractivity contribution >= 4 is 23.2 Å². The number of rotatable bonds is 3. The van der Waals surface area contributed by atoms with E-state index in [4.69, 9.17) is 27.6 Å². The molecule has 0 aliphatic rings. The van der Waals surface area contributed by atoms with Gasteiger partial charge in [0.05, 0.1) is 6.04 Å². The van der Waals surface area contributed by atoms with Gasteiger partial charge in [-0.1, -0.05) is 23.7 Å². The van der Waals surface area contributed by atoms with Gasteiger partial charge >= 0.3 is 0 Å². The Morgan fingerprint density at radius 2 is 2.00 bits per heavy atom. The van der Waals surface area contributed by atoms with E-state index >= 15 is 0 Å². The van der Waals surface area contributed by atoms with Crippen LogP contribution >= 0.6 is 23.2 Å². The molecule has 0 radical (unpaired) electrons. The molecule has 0 bridgehead atoms. The summed E-state index contributed by atoms with van der Waals surface area (Å²) in [7, 11) is 1.86. The Kier molecular flexibility index (Phi) is 3.54. The fourth-order valence-electron chi connectivity index (χ4n) is 1.64. The van der Waals surface area contributed by atoms with Crippen LogP contribution in [0.2, 0.25) is 10.2 Å². The Morgan fingerprint density at radius 1 is 1.19 bits per heavy atom. The van der Waals surface area contributed by atoms with Gasteiger partial charge in [0.15, 0.2) is 5.22 Å². The number of furan rings is 1. The smallest absolute Gasteiger partial charge is 0.193 e. The predicted molar refractivity (Wildman–Crippen MR) is 66.1 cm³/mol. The standard InChI is InChI=1S/C12H11Cl2NO/c1-15-12(10-5-6-11(14)16-10)8-3-2-4-9(13)7-8/h2-7,12,15H,1H3. The molecule has 1 heterocycles. The third kappa shape index (κ3) is 2.40. The molecule has 0 spiro atoms. The molecule has 1 aromatic carbocycles. The first kappa shape index (κ1) is 11.5. The van der Waals surface area contributed by atoms with Gasteiger partial charge in [0.2, 0.25) is 0 Å². The summed E-state index contributed by atoms with van der Waals surface area (Å²) in [4.78, 5) is 0. The molecule has 2 rings (SSSR count). The molecule has 2 aromatic rings. The van der Waals surface area contributed by atoms with Crippen molar-refractivity contribution in [3.8, 4) is 0 Å². The van der Waals surface area contributed by atoms with Crippen molar-refractivity contribution < 1.29 is 4.42 Å². The van der Waals surface area contributed by atoms with Crippen LogP contribution in [0.3, 0.4) is 0 Å². The first-order chi connectivity index (χ1) is 7.70. The highest BCUT2D eigenvalue weighted by Crippen LogP contribution is 2.26. The van der Waals surface area contributed by atoms with Gasteiger partial charge < -0.3 is 9.73 Å². The van der Waals surface area contributed by atoms with Crippen molar-refractivity contribution in [3.05, 3.63) is 58.0 Å². The molecule has 0 amide bonds. The van der Waals surface area contributed by atoms with Gasteiger partial charge in [0.25, 0.3) is 0 Å². The van der Waals surface area contributed by atoms with Crippen molar-refractivity contribution in [1.29, 1.82) is 0 Å². The van der Waals surface area contributed by atoms with Crippen LogP contribution in [0.15, 0.2) is 40.8 Å². The highest BCUT2D eigenvalue weighted by molar-refractivity contribution is 6.30.